The molecule has 1 aliphatic heterocycles. The molecule has 4 aromatic carbocycles. The second-order valence-corrected chi connectivity index (χ2v) is 16.7. The molecule has 0 saturated heterocycles. The number of ether oxygens (including phenoxy) is 2. The highest BCUT2D eigenvalue weighted by atomic mass is 16.5. The first-order valence-electron chi connectivity index (χ1n) is 17.7. The molecule has 2 aromatic heterocycles. The number of aryl methyl sites for hydroxylation is 2. The number of hydrogen-bond donors (Lipinski definition) is 0. The first-order valence-corrected chi connectivity index (χ1v) is 17.7. The number of pyridine rings is 1. The number of aliphatic imine (C=N–C) groups is 1. The molecule has 0 spiro atoms. The van der Waals surface area contributed by atoms with Crippen molar-refractivity contribution in [1.29, 1.82) is 0 Å². The molecule has 256 valence electrons. The zero-order valence-corrected chi connectivity index (χ0v) is 31.4. The molecule has 7 rings (SSSR count). The maximum absolute atomic E-state index is 6.77. The summed E-state index contributed by atoms with van der Waals surface area (Å²) in [6, 6.07) is 32.2. The third-order valence-electron chi connectivity index (χ3n) is 10.6. The van der Waals surface area contributed by atoms with Crippen LogP contribution in [0.1, 0.15) is 95.7 Å². The van der Waals surface area contributed by atoms with E-state index < -0.39 is 11.1 Å². The van der Waals surface area contributed by atoms with E-state index in [2.05, 4.69) is 166 Å². The number of fused-ring (bicyclic) bond motifs is 3. The van der Waals surface area contributed by atoms with Gasteiger partial charge < -0.3 is 9.47 Å². The molecule has 0 unspecified atom stereocenters. The van der Waals surface area contributed by atoms with Crippen LogP contribution in [0, 0.1) is 13.8 Å². The highest BCUT2D eigenvalue weighted by Crippen LogP contribution is 2.46. The Hall–Kier alpha value is -4.90. The Bertz CT molecular complexity index is 2300. The Kier molecular flexibility index (Phi) is 7.78. The number of rotatable bonds is 5. The van der Waals surface area contributed by atoms with Crippen molar-refractivity contribution in [2.75, 3.05) is 0 Å². The van der Waals surface area contributed by atoms with Crippen molar-refractivity contribution in [3.8, 4) is 17.3 Å². The summed E-state index contributed by atoms with van der Waals surface area (Å²) < 4.78 is 15.8. The molecule has 50 heavy (non-hydrogen) atoms. The normalized spacial score (nSPS) is 17.6. The molecule has 0 fully saturated rings. The van der Waals surface area contributed by atoms with Gasteiger partial charge in [0, 0.05) is 28.6 Å². The maximum atomic E-state index is 6.77. The lowest BCUT2D eigenvalue weighted by atomic mass is 9.80. The number of hydrogen-bond acceptors (Lipinski definition) is 4. The molecule has 1 aliphatic rings. The molecule has 3 heterocycles. The Morgan fingerprint density at radius 1 is 0.680 bits per heavy atom. The third-order valence-corrected chi connectivity index (χ3v) is 10.6. The van der Waals surface area contributed by atoms with Crippen LogP contribution in [0.15, 0.2) is 102 Å². The first kappa shape index (κ1) is 33.6. The van der Waals surface area contributed by atoms with E-state index in [1.807, 2.05) is 12.3 Å². The van der Waals surface area contributed by atoms with Gasteiger partial charge in [-0.2, -0.15) is 0 Å². The van der Waals surface area contributed by atoms with Crippen LogP contribution in [0.4, 0.5) is 0 Å². The van der Waals surface area contributed by atoms with Crippen molar-refractivity contribution in [3.63, 3.8) is 0 Å². The fraction of sp³-hybridized carbons (Fsp3) is 0.333. The zero-order chi connectivity index (χ0) is 35.8. The number of benzene rings is 4. The van der Waals surface area contributed by atoms with Crippen LogP contribution < -0.4 is 4.74 Å². The molecule has 1 atom stereocenters. The van der Waals surface area contributed by atoms with Gasteiger partial charge in [0.1, 0.15) is 22.9 Å². The highest BCUT2D eigenvalue weighted by Gasteiger charge is 2.50. The van der Waals surface area contributed by atoms with Crippen LogP contribution in [0.5, 0.6) is 11.5 Å². The fourth-order valence-electron chi connectivity index (χ4n) is 7.07. The third kappa shape index (κ3) is 5.67. The number of aromatic nitrogens is 2. The van der Waals surface area contributed by atoms with Crippen LogP contribution in [-0.4, -0.2) is 21.0 Å². The fourth-order valence-corrected chi connectivity index (χ4v) is 7.07. The van der Waals surface area contributed by atoms with Crippen molar-refractivity contribution >= 4 is 27.7 Å². The van der Waals surface area contributed by atoms with Crippen LogP contribution >= 0.6 is 0 Å². The van der Waals surface area contributed by atoms with E-state index in [1.54, 1.807) is 0 Å². The molecule has 5 nitrogen and oxygen atoms in total. The van der Waals surface area contributed by atoms with Gasteiger partial charge in [-0.25, -0.2) is 9.98 Å². The molecule has 0 N–H and O–H groups in total. The second kappa shape index (κ2) is 11.6. The first-order chi connectivity index (χ1) is 23.5. The summed E-state index contributed by atoms with van der Waals surface area (Å²) in [5.74, 6) is 3.06. The van der Waals surface area contributed by atoms with Crippen LogP contribution in [0.3, 0.4) is 0 Å². The summed E-state index contributed by atoms with van der Waals surface area (Å²) in [6.07, 6.45) is 1.92. The van der Waals surface area contributed by atoms with Gasteiger partial charge in [-0.15, -0.1) is 0 Å². The molecular weight excluding hydrogens is 615 g/mol. The lowest BCUT2D eigenvalue weighted by Gasteiger charge is -2.35. The minimum absolute atomic E-state index is 0.00806. The average Bonchev–Trinajstić information content (AvgIpc) is 3.51. The number of nitrogens with zero attached hydrogens (tertiary/aromatic N) is 3. The molecular formula is C45H49N3O2. The van der Waals surface area contributed by atoms with Gasteiger partial charge in [0.15, 0.2) is 5.60 Å². The van der Waals surface area contributed by atoms with Gasteiger partial charge in [0.25, 0.3) is 0 Å². The topological polar surface area (TPSA) is 48.6 Å². The van der Waals surface area contributed by atoms with Crippen LogP contribution in [-0.2, 0) is 21.2 Å². The monoisotopic (exact) mass is 663 g/mol. The van der Waals surface area contributed by atoms with Crippen molar-refractivity contribution in [2.24, 2.45) is 4.99 Å². The summed E-state index contributed by atoms with van der Waals surface area (Å²) >= 11 is 0. The molecule has 0 saturated carbocycles. The quantitative estimate of drug-likeness (QED) is 0.184. The molecule has 0 amide bonds. The van der Waals surface area contributed by atoms with Gasteiger partial charge in [0.2, 0.25) is 5.90 Å². The van der Waals surface area contributed by atoms with Gasteiger partial charge in [0.05, 0.1) is 11.0 Å². The van der Waals surface area contributed by atoms with E-state index >= 15 is 0 Å². The minimum atomic E-state index is -0.606. The standard InChI is InChI=1S/C45H49N3O2/c1-28-23-29(2)39(27-35(28)41-47-44(9,10)45(11,50-41)30-15-13-12-14-16-30)49-33-18-19-34-36-24-31(42(3,4)5)17-20-37(36)48(38(34)26-33)40-25-32(21-22-46-40)43(6,7)8/h12-27H,1-11H3/t45-/m0/s1. The summed E-state index contributed by atoms with van der Waals surface area (Å²) in [6.45, 7) is 24.1. The molecule has 5 heteroatoms. The Morgan fingerprint density at radius 3 is 2.08 bits per heavy atom. The lowest BCUT2D eigenvalue weighted by Crippen LogP contribution is -2.41. The smallest absolute Gasteiger partial charge is 0.218 e. The van der Waals surface area contributed by atoms with E-state index in [1.165, 1.54) is 21.9 Å². The Labute approximate surface area is 297 Å². The van der Waals surface area contributed by atoms with Gasteiger partial charge in [-0.1, -0.05) is 84.0 Å². The predicted octanol–water partition coefficient (Wildman–Crippen LogP) is 11.7. The van der Waals surface area contributed by atoms with Gasteiger partial charge in [-0.3, -0.25) is 4.57 Å². The molecule has 6 aromatic rings. The van der Waals surface area contributed by atoms with E-state index in [0.29, 0.717) is 5.90 Å². The van der Waals surface area contributed by atoms with Crippen LogP contribution in [0.2, 0.25) is 0 Å². The van der Waals surface area contributed by atoms with Gasteiger partial charge >= 0.3 is 0 Å². The summed E-state index contributed by atoms with van der Waals surface area (Å²) in [7, 11) is 0. The lowest BCUT2D eigenvalue weighted by molar-refractivity contribution is 0.0387. The van der Waals surface area contributed by atoms with E-state index in [4.69, 9.17) is 19.5 Å². The maximum Gasteiger partial charge on any atom is 0.218 e. The second-order valence-electron chi connectivity index (χ2n) is 16.7. The predicted molar refractivity (Wildman–Crippen MR) is 207 cm³/mol. The van der Waals surface area contributed by atoms with Gasteiger partial charge in [-0.05, 0) is 116 Å². The summed E-state index contributed by atoms with van der Waals surface area (Å²) in [5.41, 5.74) is 7.84. The molecule has 0 radical (unpaired) electrons. The van der Waals surface area contributed by atoms with Crippen molar-refractivity contribution in [2.45, 2.75) is 98.1 Å². The zero-order valence-electron chi connectivity index (χ0n) is 31.4. The Balaban J connectivity index is 1.33. The largest absolute Gasteiger partial charge is 0.464 e. The van der Waals surface area contributed by atoms with Crippen molar-refractivity contribution < 1.29 is 9.47 Å². The van der Waals surface area contributed by atoms with E-state index in [9.17, 15) is 0 Å². The minimum Gasteiger partial charge on any atom is -0.464 e. The van der Waals surface area contributed by atoms with Crippen molar-refractivity contribution in [3.05, 3.63) is 131 Å². The van der Waals surface area contributed by atoms with Crippen LogP contribution in [0.25, 0.3) is 27.6 Å². The Morgan fingerprint density at radius 2 is 1.38 bits per heavy atom. The summed E-state index contributed by atoms with van der Waals surface area (Å²) in [4.78, 5) is 10.0. The van der Waals surface area contributed by atoms with E-state index in [-0.39, 0.29) is 10.8 Å². The molecule has 0 aliphatic carbocycles. The van der Waals surface area contributed by atoms with E-state index in [0.717, 1.165) is 50.6 Å². The highest BCUT2D eigenvalue weighted by molar-refractivity contribution is 6.10. The van der Waals surface area contributed by atoms with Crippen molar-refractivity contribution in [1.82, 2.24) is 9.55 Å². The SMILES string of the molecule is Cc1cc(C)c(C2=NC(C)(C)[C@](C)(c3ccccc3)O2)cc1Oc1ccc2c3cc(C(C)(C)C)ccc3n(-c3cc(C(C)(C)C)ccn3)c2c1. The molecule has 0 bridgehead atoms. The average molecular weight is 664 g/mol. The summed E-state index contributed by atoms with van der Waals surface area (Å²) in [5, 5.41) is 2.37.